The molecule has 1 aliphatic rings. The van der Waals surface area contributed by atoms with E-state index in [1.807, 2.05) is 268 Å². The van der Waals surface area contributed by atoms with E-state index < -0.39 is 85.2 Å². The van der Waals surface area contributed by atoms with Gasteiger partial charge in [0, 0.05) is 6.92 Å². The van der Waals surface area contributed by atoms with Gasteiger partial charge < -0.3 is 61.6 Å². The first-order chi connectivity index (χ1) is 55.5. The lowest BCUT2D eigenvalue weighted by Crippen LogP contribution is -2.64. The van der Waals surface area contributed by atoms with Gasteiger partial charge in [0.2, 0.25) is 12.4 Å². The van der Waals surface area contributed by atoms with E-state index >= 15 is 4.79 Å². The fraction of sp³-hybridized carbons (Fsp3) is 0.389. The Morgan fingerprint density at radius 1 is 0.416 bits per heavy atom. The highest BCUT2D eigenvalue weighted by atomic mass is 35.5. The average Bonchev–Trinajstić information content (AvgIpc) is 0.782. The molecule has 17 nitrogen and oxygen atoms in total. The van der Waals surface area contributed by atoms with E-state index in [4.69, 9.17) is 73.2 Å². The lowest BCUT2D eigenvalue weighted by molar-refractivity contribution is -0.367. The topological polar surface area (TPSA) is 188 Å². The first-order valence-electron chi connectivity index (χ1n) is 39.9. The molecule has 1 aliphatic heterocycles. The van der Waals surface area contributed by atoms with Crippen LogP contribution in [0.25, 0.3) is 0 Å². The maximum atomic E-state index is 15.3. The molecule has 0 aliphatic carbocycles. The standard InChI is InChI=1S/C95H109ClO17/c1-71(41-22-12-10-8-6-4-3-5-7-9-11-13-39-58-81-59-40-60-82(102-63-74-44-25-15-26-45-74)85(81)92(99)107-68-79-54-35-20-36-55-79)109-93(100)89(110-72(2)97)88(105-66-77-50-31-18-32-51-77)90(106-67-78-52-33-19-34-53-78)94(108-69-80-56-37-21-38-57-80)113-95-91(112-84(98)61-96)87(104-65-76-48-29-17-30-49-76)86(103-64-75-46-27-16-28-47-75)83(111-95)70-101-62-73-42-23-14-24-43-73/h14-21,23-38,40,42-57,59-60,71,83,86-91,94-95H,3-13,22,39,41,58,61-70H2,1-2H3/t71-,83-,86-,87+,88-,89+,90+,91-,94+,95+/m1/s1. The molecule has 0 spiro atoms. The number of unbranched alkanes of at least 4 members (excludes halogenated alkanes) is 12. The number of aryl methyl sites for hydroxylation is 1. The number of halogens is 1. The van der Waals surface area contributed by atoms with Gasteiger partial charge in [-0.25, -0.2) is 9.59 Å². The lowest BCUT2D eigenvalue weighted by Gasteiger charge is -2.46. The van der Waals surface area contributed by atoms with Crippen molar-refractivity contribution in [1.29, 1.82) is 0 Å². The van der Waals surface area contributed by atoms with Crippen molar-refractivity contribution >= 4 is 35.5 Å². The third-order valence-electron chi connectivity index (χ3n) is 19.6. The molecule has 0 aromatic heterocycles. The summed E-state index contributed by atoms with van der Waals surface area (Å²) in [4.78, 5) is 56.6. The Bertz CT molecular complexity index is 4110. The average molecular weight is 1560 g/mol. The van der Waals surface area contributed by atoms with Crippen LogP contribution in [-0.4, -0.2) is 97.8 Å². The van der Waals surface area contributed by atoms with Crippen LogP contribution in [0.3, 0.4) is 0 Å². The molecule has 1 heterocycles. The first-order valence-corrected chi connectivity index (χ1v) is 40.4. The van der Waals surface area contributed by atoms with Gasteiger partial charge in [0.1, 0.15) is 60.9 Å². The van der Waals surface area contributed by atoms with Crippen LogP contribution in [0.5, 0.6) is 5.75 Å². The summed E-state index contributed by atoms with van der Waals surface area (Å²) in [5.41, 5.74) is 8.21. The van der Waals surface area contributed by atoms with Gasteiger partial charge in [-0.3, -0.25) is 9.59 Å². The van der Waals surface area contributed by atoms with Crippen LogP contribution >= 0.6 is 11.6 Å². The van der Waals surface area contributed by atoms with Crippen LogP contribution in [0.2, 0.25) is 0 Å². The van der Waals surface area contributed by atoms with Crippen molar-refractivity contribution in [2.24, 2.45) is 0 Å². The van der Waals surface area contributed by atoms with Crippen molar-refractivity contribution in [2.45, 2.75) is 224 Å². The Labute approximate surface area is 671 Å². The minimum Gasteiger partial charge on any atom is -0.488 e. The first kappa shape index (κ1) is 86.0. The minimum atomic E-state index is -1.77. The summed E-state index contributed by atoms with van der Waals surface area (Å²) < 4.78 is 86.6. The van der Waals surface area contributed by atoms with Gasteiger partial charge in [-0.05, 0) is 88.7 Å². The fourth-order valence-corrected chi connectivity index (χ4v) is 13.7. The van der Waals surface area contributed by atoms with Gasteiger partial charge >= 0.3 is 23.9 Å². The summed E-state index contributed by atoms with van der Waals surface area (Å²) in [5.74, 6) is -2.83. The molecule has 0 amide bonds. The highest BCUT2D eigenvalue weighted by molar-refractivity contribution is 6.26. The Hall–Kier alpha value is -9.37. The largest absolute Gasteiger partial charge is 0.488 e. The van der Waals surface area contributed by atoms with Gasteiger partial charge in [-0.15, -0.1) is 11.6 Å². The van der Waals surface area contributed by atoms with Crippen molar-refractivity contribution in [3.05, 3.63) is 316 Å². The molecule has 9 aromatic rings. The van der Waals surface area contributed by atoms with Crippen molar-refractivity contribution in [1.82, 2.24) is 0 Å². The number of benzene rings is 9. The van der Waals surface area contributed by atoms with E-state index in [2.05, 4.69) is 0 Å². The van der Waals surface area contributed by atoms with Crippen LogP contribution in [0.15, 0.2) is 261 Å². The number of ether oxygens (including phenoxy) is 13. The molecule has 1 saturated heterocycles. The van der Waals surface area contributed by atoms with E-state index in [0.717, 1.165) is 114 Å². The molecule has 18 heteroatoms. The Morgan fingerprint density at radius 3 is 1.31 bits per heavy atom. The normalized spacial score (nSPS) is 16.7. The van der Waals surface area contributed by atoms with Crippen molar-refractivity contribution < 1.29 is 80.8 Å². The molecule has 0 bridgehead atoms. The number of carbonyl (C=O) groups excluding carboxylic acids is 4. The van der Waals surface area contributed by atoms with Crippen molar-refractivity contribution in [3.8, 4) is 5.75 Å². The Morgan fingerprint density at radius 2 is 0.832 bits per heavy atom. The molecule has 113 heavy (non-hydrogen) atoms. The summed E-state index contributed by atoms with van der Waals surface area (Å²) in [7, 11) is 0. The number of hydrogen-bond donors (Lipinski definition) is 0. The maximum Gasteiger partial charge on any atom is 0.350 e. The second-order valence-electron chi connectivity index (χ2n) is 28.5. The van der Waals surface area contributed by atoms with Gasteiger partial charge in [0.25, 0.3) is 0 Å². The van der Waals surface area contributed by atoms with Gasteiger partial charge in [-0.1, -0.05) is 325 Å². The Kier molecular flexibility index (Phi) is 37.5. The van der Waals surface area contributed by atoms with Gasteiger partial charge in [0.05, 0.1) is 52.4 Å². The van der Waals surface area contributed by atoms with Crippen LogP contribution in [0.4, 0.5) is 0 Å². The van der Waals surface area contributed by atoms with Crippen LogP contribution < -0.4 is 4.74 Å². The highest BCUT2D eigenvalue weighted by Crippen LogP contribution is 2.36. The van der Waals surface area contributed by atoms with Crippen molar-refractivity contribution in [2.75, 3.05) is 12.5 Å². The van der Waals surface area contributed by atoms with E-state index in [-0.39, 0.29) is 58.8 Å². The van der Waals surface area contributed by atoms with E-state index in [9.17, 15) is 14.4 Å². The number of alkyl halides is 1. The molecular formula is C95H109ClO17. The molecular weight excluding hydrogens is 1450 g/mol. The highest BCUT2D eigenvalue weighted by Gasteiger charge is 2.53. The molecule has 10 rings (SSSR count). The van der Waals surface area contributed by atoms with Crippen LogP contribution in [-0.2, 0) is 131 Å². The van der Waals surface area contributed by atoms with E-state index in [1.165, 1.54) is 32.6 Å². The molecule has 0 saturated carbocycles. The van der Waals surface area contributed by atoms with E-state index in [0.29, 0.717) is 24.3 Å². The predicted molar refractivity (Wildman–Crippen MR) is 434 cm³/mol. The monoisotopic (exact) mass is 1560 g/mol. The summed E-state index contributed by atoms with van der Waals surface area (Å²) in [6.07, 6.45) is 2.27. The SMILES string of the molecule is CC(=O)O[C@H](C(=O)O[C@H](C)CCCCCCCCCCCCCCCc1cccc(OCc2ccccc2)c1C(=O)OCc1ccccc1)[C@@H](OCc1ccccc1)[C@H](OCc1ccccc1)[C@@H](OCc1ccccc1)O[C@@H]1O[C@H](COCc2ccccc2)[C@@H](OCc2ccccc2)[C@H](OCc2ccccc2)[C@H]1OC(=O)CCl. The second-order valence-corrected chi connectivity index (χ2v) is 28.8. The van der Waals surface area contributed by atoms with Gasteiger partial charge in [0.15, 0.2) is 12.4 Å². The predicted octanol–water partition coefficient (Wildman–Crippen LogP) is 19.5. The number of rotatable bonds is 51. The smallest absolute Gasteiger partial charge is 0.350 e. The summed E-state index contributed by atoms with van der Waals surface area (Å²) in [5, 5.41) is 0. The number of carbonyl (C=O) groups is 4. The molecule has 1 fully saturated rings. The quantitative estimate of drug-likeness (QED) is 0.0115. The Balaban J connectivity index is 0.801. The molecule has 598 valence electrons. The summed E-state index contributed by atoms with van der Waals surface area (Å²) in [6.45, 7) is 3.64. The number of esters is 4. The maximum absolute atomic E-state index is 15.3. The molecule has 0 radical (unpaired) electrons. The molecule has 10 atom stereocenters. The second kappa shape index (κ2) is 49.3. The minimum absolute atomic E-state index is 0.0464. The van der Waals surface area contributed by atoms with E-state index in [1.54, 1.807) is 0 Å². The van der Waals surface area contributed by atoms with Crippen molar-refractivity contribution in [3.63, 3.8) is 0 Å². The zero-order valence-electron chi connectivity index (χ0n) is 65.1. The van der Waals surface area contributed by atoms with Crippen LogP contribution in [0.1, 0.15) is 164 Å². The zero-order chi connectivity index (χ0) is 78.7. The third kappa shape index (κ3) is 30.2. The molecule has 0 unspecified atom stereocenters. The third-order valence-corrected chi connectivity index (χ3v) is 19.8. The summed E-state index contributed by atoms with van der Waals surface area (Å²) in [6, 6.07) is 82.6. The molecule has 0 N–H and O–H groups in total. The summed E-state index contributed by atoms with van der Waals surface area (Å²) >= 11 is 6.34. The zero-order valence-corrected chi connectivity index (χ0v) is 65.9. The molecule has 9 aromatic carbocycles. The fourth-order valence-electron chi connectivity index (χ4n) is 13.6. The van der Waals surface area contributed by atoms with Crippen LogP contribution in [0, 0.1) is 0 Å². The van der Waals surface area contributed by atoms with Gasteiger partial charge in [-0.2, -0.15) is 0 Å². The lowest BCUT2D eigenvalue weighted by atomic mass is 9.97. The number of hydrogen-bond acceptors (Lipinski definition) is 17.